The molecule has 0 saturated carbocycles. The molecule has 1 aromatic carbocycles. The van der Waals surface area contributed by atoms with Gasteiger partial charge in [-0.2, -0.15) is 4.89 Å². The highest BCUT2D eigenvalue weighted by Gasteiger charge is 2.24. The Morgan fingerprint density at radius 3 is 2.21 bits per heavy atom. The lowest BCUT2D eigenvalue weighted by atomic mass is 9.96. The monoisotopic (exact) mass is 264 g/mol. The fraction of sp³-hybridized carbons (Fsp3) is 0.647. The fourth-order valence-corrected chi connectivity index (χ4v) is 1.89. The molecule has 2 nitrogen and oxygen atoms in total. The maximum absolute atomic E-state index is 5.67. The lowest BCUT2D eigenvalue weighted by Gasteiger charge is -2.26. The van der Waals surface area contributed by atoms with Gasteiger partial charge >= 0.3 is 0 Å². The standard InChI is InChI=1S/C17H28O2/c1-6-8-13-17(5,7-2)19-18-16-11-9-15(10-12-16)14(3)4/h9-12,14H,6-8,13H2,1-5H3. The Labute approximate surface area is 118 Å². The first kappa shape index (κ1) is 16.0. The fourth-order valence-electron chi connectivity index (χ4n) is 1.89. The summed E-state index contributed by atoms with van der Waals surface area (Å²) in [5.74, 6) is 1.32. The molecule has 0 aromatic heterocycles. The van der Waals surface area contributed by atoms with Gasteiger partial charge in [0.1, 0.15) is 5.60 Å². The number of benzene rings is 1. The molecule has 19 heavy (non-hydrogen) atoms. The predicted octanol–water partition coefficient (Wildman–Crippen LogP) is 5.48. The molecule has 1 aromatic rings. The second kappa shape index (κ2) is 7.54. The topological polar surface area (TPSA) is 18.5 Å². The van der Waals surface area contributed by atoms with Gasteiger partial charge in [-0.05, 0) is 43.4 Å². The molecule has 0 amide bonds. The maximum Gasteiger partial charge on any atom is 0.165 e. The van der Waals surface area contributed by atoms with E-state index in [1.165, 1.54) is 18.4 Å². The zero-order chi connectivity index (χ0) is 14.3. The summed E-state index contributed by atoms with van der Waals surface area (Å²) in [5.41, 5.74) is 1.13. The largest absolute Gasteiger partial charge is 0.337 e. The molecule has 108 valence electrons. The van der Waals surface area contributed by atoms with E-state index in [1.54, 1.807) is 0 Å². The van der Waals surface area contributed by atoms with E-state index in [9.17, 15) is 0 Å². The van der Waals surface area contributed by atoms with Gasteiger partial charge in [-0.25, -0.2) is 0 Å². The van der Waals surface area contributed by atoms with Crippen LogP contribution >= 0.6 is 0 Å². The Morgan fingerprint density at radius 1 is 1.11 bits per heavy atom. The van der Waals surface area contributed by atoms with Crippen molar-refractivity contribution in [3.05, 3.63) is 29.8 Å². The summed E-state index contributed by atoms with van der Waals surface area (Å²) in [4.78, 5) is 11.2. The molecule has 1 atom stereocenters. The van der Waals surface area contributed by atoms with Gasteiger partial charge in [-0.3, -0.25) is 0 Å². The van der Waals surface area contributed by atoms with Crippen molar-refractivity contribution >= 4 is 0 Å². The van der Waals surface area contributed by atoms with E-state index in [-0.39, 0.29) is 5.60 Å². The van der Waals surface area contributed by atoms with Gasteiger partial charge in [0.2, 0.25) is 0 Å². The zero-order valence-electron chi connectivity index (χ0n) is 13.0. The van der Waals surface area contributed by atoms with Crippen molar-refractivity contribution < 1.29 is 9.78 Å². The van der Waals surface area contributed by atoms with Crippen LogP contribution in [0.2, 0.25) is 0 Å². The molecule has 0 spiro atoms. The third-order valence-corrected chi connectivity index (χ3v) is 3.69. The van der Waals surface area contributed by atoms with Crippen molar-refractivity contribution in [3.8, 4) is 5.75 Å². The van der Waals surface area contributed by atoms with Crippen LogP contribution in [-0.4, -0.2) is 5.60 Å². The summed E-state index contributed by atoms with van der Waals surface area (Å²) in [7, 11) is 0. The molecule has 1 unspecified atom stereocenters. The lowest BCUT2D eigenvalue weighted by Crippen LogP contribution is -2.29. The summed E-state index contributed by atoms with van der Waals surface area (Å²) >= 11 is 0. The lowest BCUT2D eigenvalue weighted by molar-refractivity contribution is -0.289. The Hall–Kier alpha value is -1.02. The van der Waals surface area contributed by atoms with Crippen LogP contribution in [0.1, 0.15) is 71.8 Å². The maximum atomic E-state index is 5.67. The van der Waals surface area contributed by atoms with Gasteiger partial charge in [0.25, 0.3) is 0 Å². The first-order valence-electron chi connectivity index (χ1n) is 7.46. The van der Waals surface area contributed by atoms with Crippen LogP contribution in [0.3, 0.4) is 0 Å². The van der Waals surface area contributed by atoms with Crippen LogP contribution in [0, 0.1) is 0 Å². The first-order chi connectivity index (χ1) is 9.00. The molecule has 0 aliphatic carbocycles. The second-order valence-electron chi connectivity index (χ2n) is 5.80. The van der Waals surface area contributed by atoms with E-state index >= 15 is 0 Å². The van der Waals surface area contributed by atoms with E-state index in [0.717, 1.165) is 18.6 Å². The van der Waals surface area contributed by atoms with E-state index < -0.39 is 0 Å². The summed E-state index contributed by atoms with van der Waals surface area (Å²) in [6, 6.07) is 8.15. The summed E-state index contributed by atoms with van der Waals surface area (Å²) in [5, 5.41) is 0. The third-order valence-electron chi connectivity index (χ3n) is 3.69. The number of unbranched alkanes of at least 4 members (excludes halogenated alkanes) is 1. The third kappa shape index (κ3) is 5.23. The van der Waals surface area contributed by atoms with Crippen molar-refractivity contribution in [3.63, 3.8) is 0 Å². The zero-order valence-corrected chi connectivity index (χ0v) is 13.0. The molecule has 0 heterocycles. The second-order valence-corrected chi connectivity index (χ2v) is 5.80. The van der Waals surface area contributed by atoms with E-state index in [4.69, 9.17) is 9.78 Å². The normalized spacial score (nSPS) is 14.4. The van der Waals surface area contributed by atoms with E-state index in [1.807, 2.05) is 12.1 Å². The predicted molar refractivity (Wildman–Crippen MR) is 80.5 cm³/mol. The number of rotatable bonds is 8. The highest BCUT2D eigenvalue weighted by atomic mass is 17.2. The highest BCUT2D eigenvalue weighted by molar-refractivity contribution is 5.28. The molecule has 0 aliphatic heterocycles. The molecule has 0 aliphatic rings. The quantitative estimate of drug-likeness (QED) is 0.457. The van der Waals surface area contributed by atoms with Gasteiger partial charge in [0, 0.05) is 0 Å². The van der Waals surface area contributed by atoms with Crippen molar-refractivity contribution in [2.45, 2.75) is 71.8 Å². The van der Waals surface area contributed by atoms with Crippen molar-refractivity contribution in [2.24, 2.45) is 0 Å². The molecular weight excluding hydrogens is 236 g/mol. The summed E-state index contributed by atoms with van der Waals surface area (Å²) in [6.07, 6.45) is 4.34. The minimum absolute atomic E-state index is 0.188. The van der Waals surface area contributed by atoms with Crippen LogP contribution in [0.5, 0.6) is 5.75 Å². The van der Waals surface area contributed by atoms with Gasteiger partial charge in [0.05, 0.1) is 0 Å². The van der Waals surface area contributed by atoms with Crippen LogP contribution in [-0.2, 0) is 4.89 Å². The Balaban J connectivity index is 2.54. The SMILES string of the molecule is CCCCC(C)(CC)OOc1ccc(C(C)C)cc1. The first-order valence-corrected chi connectivity index (χ1v) is 7.46. The van der Waals surface area contributed by atoms with Crippen LogP contribution in [0.25, 0.3) is 0 Å². The van der Waals surface area contributed by atoms with Crippen molar-refractivity contribution in [2.75, 3.05) is 0 Å². The molecule has 0 saturated heterocycles. The Bertz CT molecular complexity index is 356. The Morgan fingerprint density at radius 2 is 1.74 bits per heavy atom. The molecule has 0 bridgehead atoms. The van der Waals surface area contributed by atoms with Gasteiger partial charge in [0.15, 0.2) is 5.75 Å². The van der Waals surface area contributed by atoms with E-state index in [2.05, 4.69) is 46.8 Å². The van der Waals surface area contributed by atoms with Crippen molar-refractivity contribution in [1.29, 1.82) is 0 Å². The molecule has 0 fully saturated rings. The molecular formula is C17H28O2. The summed E-state index contributed by atoms with van der Waals surface area (Å²) < 4.78 is 0. The molecule has 0 radical (unpaired) electrons. The Kier molecular flexibility index (Phi) is 6.36. The van der Waals surface area contributed by atoms with Crippen LogP contribution in [0.4, 0.5) is 0 Å². The van der Waals surface area contributed by atoms with E-state index in [0.29, 0.717) is 5.92 Å². The number of hydrogen-bond donors (Lipinski definition) is 0. The minimum atomic E-state index is -0.188. The molecule has 2 heteroatoms. The number of hydrogen-bond acceptors (Lipinski definition) is 2. The van der Waals surface area contributed by atoms with Gasteiger partial charge in [-0.15, -0.1) is 0 Å². The average Bonchev–Trinajstić information content (AvgIpc) is 2.43. The molecule has 0 N–H and O–H groups in total. The van der Waals surface area contributed by atoms with Gasteiger partial charge < -0.3 is 4.89 Å². The average molecular weight is 264 g/mol. The van der Waals surface area contributed by atoms with Gasteiger partial charge in [-0.1, -0.05) is 52.7 Å². The van der Waals surface area contributed by atoms with Crippen LogP contribution in [0.15, 0.2) is 24.3 Å². The smallest absolute Gasteiger partial charge is 0.165 e. The minimum Gasteiger partial charge on any atom is -0.337 e. The molecule has 1 rings (SSSR count). The van der Waals surface area contributed by atoms with Crippen molar-refractivity contribution in [1.82, 2.24) is 0 Å². The summed E-state index contributed by atoms with van der Waals surface area (Å²) in [6.45, 7) is 10.8. The highest BCUT2D eigenvalue weighted by Crippen LogP contribution is 2.25. The van der Waals surface area contributed by atoms with Crippen LogP contribution < -0.4 is 4.89 Å².